The molecule has 0 radical (unpaired) electrons. The fourth-order valence-corrected chi connectivity index (χ4v) is 4.64. The van der Waals surface area contributed by atoms with E-state index in [2.05, 4.69) is 23.3 Å². The van der Waals surface area contributed by atoms with Crippen molar-refractivity contribution in [3.8, 4) is 11.5 Å². The first-order valence-corrected chi connectivity index (χ1v) is 11.7. The van der Waals surface area contributed by atoms with E-state index >= 15 is 0 Å². The van der Waals surface area contributed by atoms with E-state index in [1.54, 1.807) is 24.5 Å². The Balaban J connectivity index is 1.74. The van der Waals surface area contributed by atoms with Crippen LogP contribution in [0, 0.1) is 0 Å². The number of fused-ring (bicyclic) bond motifs is 1. The molecule has 8 heteroatoms. The van der Waals surface area contributed by atoms with E-state index in [1.165, 1.54) is 9.78 Å². The molecule has 3 amide bonds. The molecule has 0 spiro atoms. The van der Waals surface area contributed by atoms with Crippen molar-refractivity contribution in [2.45, 2.75) is 25.8 Å². The maximum absolute atomic E-state index is 13.3. The number of rotatable bonds is 10. The molecule has 1 N–H and O–H groups in total. The number of carbonyl (C=O) groups excluding carboxylic acids is 2. The first-order valence-electron chi connectivity index (χ1n) is 10.8. The first-order chi connectivity index (χ1) is 15.6. The van der Waals surface area contributed by atoms with Crippen LogP contribution in [0.1, 0.15) is 29.8 Å². The van der Waals surface area contributed by atoms with Crippen LogP contribution in [0.4, 0.5) is 4.79 Å². The molecule has 172 valence electrons. The smallest absolute Gasteiger partial charge is 0.318 e. The lowest BCUT2D eigenvalue weighted by atomic mass is 10.0. The Kier molecular flexibility index (Phi) is 8.56. The fraction of sp³-hybridized carbons (Fsp3) is 0.417. The molecular formula is C24H31N3O4S. The van der Waals surface area contributed by atoms with Crippen LogP contribution >= 0.6 is 11.3 Å². The van der Waals surface area contributed by atoms with Crippen molar-refractivity contribution in [1.29, 1.82) is 0 Å². The summed E-state index contributed by atoms with van der Waals surface area (Å²) in [5.74, 6) is 1.30. The summed E-state index contributed by atoms with van der Waals surface area (Å²) in [6, 6.07) is 9.02. The number of thiophene rings is 1. The van der Waals surface area contributed by atoms with Gasteiger partial charge in [-0.2, -0.15) is 0 Å². The summed E-state index contributed by atoms with van der Waals surface area (Å²) >= 11 is 1.71. The first kappa shape index (κ1) is 23.7. The summed E-state index contributed by atoms with van der Waals surface area (Å²) in [5, 5.41) is 4.89. The molecule has 1 aromatic carbocycles. The van der Waals surface area contributed by atoms with Gasteiger partial charge in [-0.1, -0.05) is 19.1 Å². The van der Waals surface area contributed by atoms with E-state index in [0.717, 1.165) is 18.4 Å². The average Bonchev–Trinajstić information content (AvgIpc) is 3.29. The van der Waals surface area contributed by atoms with Gasteiger partial charge in [0.2, 0.25) is 5.91 Å². The van der Waals surface area contributed by atoms with E-state index in [1.807, 2.05) is 36.1 Å². The van der Waals surface area contributed by atoms with Gasteiger partial charge in [0.15, 0.2) is 0 Å². The normalized spacial score (nSPS) is 14.9. The van der Waals surface area contributed by atoms with Gasteiger partial charge in [-0.25, -0.2) is 4.79 Å². The Morgan fingerprint density at radius 1 is 1.34 bits per heavy atom. The van der Waals surface area contributed by atoms with Crippen molar-refractivity contribution < 1.29 is 19.1 Å². The maximum Gasteiger partial charge on any atom is 0.318 e. The predicted octanol–water partition coefficient (Wildman–Crippen LogP) is 3.87. The number of benzene rings is 1. The number of nitrogens with one attached hydrogen (secondary N) is 1. The second-order valence-electron chi connectivity index (χ2n) is 7.54. The molecule has 0 fully saturated rings. The lowest BCUT2D eigenvalue weighted by molar-refractivity contribution is -0.135. The van der Waals surface area contributed by atoms with Crippen molar-refractivity contribution in [2.75, 3.05) is 39.9 Å². The molecule has 1 aliphatic heterocycles. The highest BCUT2D eigenvalue weighted by Crippen LogP contribution is 2.34. The molecule has 1 unspecified atom stereocenters. The highest BCUT2D eigenvalue weighted by atomic mass is 32.1. The van der Waals surface area contributed by atoms with E-state index in [0.29, 0.717) is 37.7 Å². The Hall–Kier alpha value is -3.00. The summed E-state index contributed by atoms with van der Waals surface area (Å²) in [6.45, 7) is 7.51. The van der Waals surface area contributed by atoms with Crippen LogP contribution in [-0.2, 0) is 11.2 Å². The molecule has 32 heavy (non-hydrogen) atoms. The van der Waals surface area contributed by atoms with Crippen LogP contribution in [-0.4, -0.2) is 61.6 Å². The average molecular weight is 458 g/mol. The third kappa shape index (κ3) is 5.82. The summed E-state index contributed by atoms with van der Waals surface area (Å²) in [4.78, 5) is 30.4. The number of nitrogens with zero attached hydrogens (tertiary/aromatic N) is 2. The zero-order valence-corrected chi connectivity index (χ0v) is 19.5. The van der Waals surface area contributed by atoms with Crippen LogP contribution in [0.5, 0.6) is 11.5 Å². The summed E-state index contributed by atoms with van der Waals surface area (Å²) in [6.07, 6.45) is 3.27. The van der Waals surface area contributed by atoms with Crippen LogP contribution in [0.3, 0.4) is 0 Å². The molecule has 1 atom stereocenters. The van der Waals surface area contributed by atoms with Crippen LogP contribution < -0.4 is 14.8 Å². The quantitative estimate of drug-likeness (QED) is 0.550. The van der Waals surface area contributed by atoms with E-state index in [-0.39, 0.29) is 24.5 Å². The van der Waals surface area contributed by atoms with Gasteiger partial charge < -0.3 is 24.6 Å². The Bertz CT molecular complexity index is 929. The van der Waals surface area contributed by atoms with Gasteiger partial charge in [0.05, 0.1) is 13.2 Å². The molecule has 1 aromatic heterocycles. The van der Waals surface area contributed by atoms with E-state index in [9.17, 15) is 9.59 Å². The second-order valence-corrected chi connectivity index (χ2v) is 8.54. The minimum Gasteiger partial charge on any atom is -0.497 e. The molecular weight excluding hydrogens is 426 g/mol. The van der Waals surface area contributed by atoms with Gasteiger partial charge in [-0.05, 0) is 42.0 Å². The standard InChI is InChI=1S/C24H31N3O4S/c1-4-11-25-24(29)26(12-5-2)16-23(28)27-13-9-22-20(10-14-32-22)21(27)17-31-19-8-6-7-18(15-19)30-3/h5-8,10,14-15,21H,2,4,9,11-13,16-17H2,1,3H3,(H,25,29). The molecule has 0 saturated carbocycles. The molecule has 7 nitrogen and oxygen atoms in total. The minimum absolute atomic E-state index is 0.00328. The largest absolute Gasteiger partial charge is 0.497 e. The molecule has 0 aliphatic carbocycles. The lowest BCUT2D eigenvalue weighted by Gasteiger charge is -2.37. The van der Waals surface area contributed by atoms with Gasteiger partial charge in [0.1, 0.15) is 24.7 Å². The topological polar surface area (TPSA) is 71.1 Å². The van der Waals surface area contributed by atoms with Gasteiger partial charge in [0.25, 0.3) is 0 Å². The number of amides is 3. The summed E-state index contributed by atoms with van der Waals surface area (Å²) in [5.41, 5.74) is 1.11. The molecule has 0 bridgehead atoms. The van der Waals surface area contributed by atoms with Gasteiger partial charge in [0, 0.05) is 30.6 Å². The number of hydrogen-bond acceptors (Lipinski definition) is 5. The van der Waals surface area contributed by atoms with Crippen molar-refractivity contribution in [2.24, 2.45) is 0 Å². The Morgan fingerprint density at radius 2 is 2.16 bits per heavy atom. The molecule has 2 aromatic rings. The minimum atomic E-state index is -0.252. The van der Waals surface area contributed by atoms with Gasteiger partial charge in [-0.3, -0.25) is 4.79 Å². The highest BCUT2D eigenvalue weighted by molar-refractivity contribution is 7.10. The number of methoxy groups -OCH3 is 1. The zero-order chi connectivity index (χ0) is 22.9. The molecule has 0 saturated heterocycles. The Labute approximate surface area is 193 Å². The number of carbonyl (C=O) groups is 2. The Morgan fingerprint density at radius 3 is 2.91 bits per heavy atom. The highest BCUT2D eigenvalue weighted by Gasteiger charge is 2.33. The van der Waals surface area contributed by atoms with Crippen LogP contribution in [0.2, 0.25) is 0 Å². The van der Waals surface area contributed by atoms with E-state index in [4.69, 9.17) is 9.47 Å². The monoisotopic (exact) mass is 457 g/mol. The lowest BCUT2D eigenvalue weighted by Crippen LogP contribution is -2.50. The second kappa shape index (κ2) is 11.6. The zero-order valence-electron chi connectivity index (χ0n) is 18.7. The summed E-state index contributed by atoms with van der Waals surface area (Å²) < 4.78 is 11.3. The SMILES string of the molecule is C=CCN(CC(=O)N1CCc2sccc2C1COc1cccc(OC)c1)C(=O)NCCC. The van der Waals surface area contributed by atoms with Crippen molar-refractivity contribution in [3.05, 3.63) is 58.8 Å². The maximum atomic E-state index is 13.3. The number of ether oxygens (including phenoxy) is 2. The number of urea groups is 1. The third-order valence-electron chi connectivity index (χ3n) is 5.35. The summed E-state index contributed by atoms with van der Waals surface area (Å²) in [7, 11) is 1.62. The van der Waals surface area contributed by atoms with Crippen LogP contribution in [0.25, 0.3) is 0 Å². The molecule has 3 rings (SSSR count). The number of hydrogen-bond donors (Lipinski definition) is 1. The molecule has 1 aliphatic rings. The third-order valence-corrected chi connectivity index (χ3v) is 6.35. The predicted molar refractivity (Wildman–Crippen MR) is 126 cm³/mol. The van der Waals surface area contributed by atoms with Crippen molar-refractivity contribution in [1.82, 2.24) is 15.1 Å². The fourth-order valence-electron chi connectivity index (χ4n) is 3.71. The molecule has 2 heterocycles. The van der Waals surface area contributed by atoms with Crippen molar-refractivity contribution in [3.63, 3.8) is 0 Å². The van der Waals surface area contributed by atoms with Crippen LogP contribution in [0.15, 0.2) is 48.4 Å². The van der Waals surface area contributed by atoms with E-state index < -0.39 is 0 Å². The van der Waals surface area contributed by atoms with Gasteiger partial charge >= 0.3 is 6.03 Å². The van der Waals surface area contributed by atoms with Crippen molar-refractivity contribution >= 4 is 23.3 Å². The van der Waals surface area contributed by atoms with Gasteiger partial charge in [-0.15, -0.1) is 17.9 Å².